The Hall–Kier alpha value is -6.92. The van der Waals surface area contributed by atoms with Gasteiger partial charge in [-0.2, -0.15) is 0 Å². The van der Waals surface area contributed by atoms with Crippen LogP contribution in [0.1, 0.15) is 56.2 Å². The molecule has 6 heteroatoms. The van der Waals surface area contributed by atoms with E-state index in [0.29, 0.717) is 0 Å². The van der Waals surface area contributed by atoms with E-state index >= 15 is 0 Å². The van der Waals surface area contributed by atoms with Gasteiger partial charge in [0.2, 0.25) is 0 Å². The average Bonchev–Trinajstić information content (AvgIpc) is 4.05. The predicted octanol–water partition coefficient (Wildman–Crippen LogP) is 13.2. The van der Waals surface area contributed by atoms with Crippen molar-refractivity contribution in [2.45, 2.75) is 41.5 Å². The van der Waals surface area contributed by atoms with E-state index in [-0.39, 0.29) is 0 Å². The first-order chi connectivity index (χ1) is 28.1. The van der Waals surface area contributed by atoms with Crippen molar-refractivity contribution >= 4 is 46.4 Å². The number of rotatable bonds is 6. The van der Waals surface area contributed by atoms with Crippen LogP contribution in [0.25, 0.3) is 90.9 Å². The van der Waals surface area contributed by atoms with E-state index in [1.165, 1.54) is 44.5 Å². The van der Waals surface area contributed by atoms with Crippen LogP contribution in [-0.2, 0) is 0 Å². The summed E-state index contributed by atoms with van der Waals surface area (Å²) >= 11 is 0. The molecule has 4 aromatic carbocycles. The van der Waals surface area contributed by atoms with Gasteiger partial charge in [0.25, 0.3) is 0 Å². The van der Waals surface area contributed by atoms with Crippen LogP contribution in [0.2, 0.25) is 0 Å². The van der Waals surface area contributed by atoms with Crippen LogP contribution in [-0.4, -0.2) is 34.2 Å². The van der Waals surface area contributed by atoms with E-state index in [2.05, 4.69) is 149 Å². The molecular weight excluding hydrogens is 713 g/mol. The number of methoxy groups -OCH3 is 2. The van der Waals surface area contributed by atoms with Crippen molar-refractivity contribution in [3.63, 3.8) is 0 Å². The van der Waals surface area contributed by atoms with Crippen molar-refractivity contribution in [3.05, 3.63) is 153 Å². The molecule has 2 aliphatic heterocycles. The Bertz CT molecular complexity index is 2760. The molecule has 7 aromatic rings. The van der Waals surface area contributed by atoms with Crippen LogP contribution < -0.4 is 9.47 Å². The monoisotopic (exact) mass is 758 g/mol. The zero-order valence-corrected chi connectivity index (χ0v) is 34.3. The Morgan fingerprint density at radius 2 is 0.655 bits per heavy atom. The topological polar surface area (TPSA) is 75.8 Å². The lowest BCUT2D eigenvalue weighted by Gasteiger charge is -2.13. The van der Waals surface area contributed by atoms with E-state index in [9.17, 15) is 0 Å². The van der Waals surface area contributed by atoms with Crippen LogP contribution in [0.3, 0.4) is 0 Å². The minimum atomic E-state index is 0.800. The molecule has 0 fully saturated rings. The molecule has 6 nitrogen and oxygen atoms in total. The Kier molecular flexibility index (Phi) is 9.20. The van der Waals surface area contributed by atoms with Crippen LogP contribution in [0, 0.1) is 41.5 Å². The first-order valence-electron chi connectivity index (χ1n) is 19.7. The summed E-state index contributed by atoms with van der Waals surface area (Å²) in [6, 6.07) is 34.2. The van der Waals surface area contributed by atoms with Crippen LogP contribution >= 0.6 is 0 Å². The van der Waals surface area contributed by atoms with Gasteiger partial charge in [0, 0.05) is 44.3 Å². The van der Waals surface area contributed by atoms with Crippen molar-refractivity contribution in [2.75, 3.05) is 14.2 Å². The minimum absolute atomic E-state index is 0.800. The molecule has 0 unspecified atom stereocenters. The molecule has 8 bridgehead atoms. The number of H-pyrrole nitrogens is 2. The normalized spacial score (nSPS) is 12.0. The fraction of sp³-hybridized carbons (Fsp3) is 0.154. The highest BCUT2D eigenvalue weighted by molar-refractivity contribution is 6.01. The molecular formula is C52H46N4O2. The summed E-state index contributed by atoms with van der Waals surface area (Å²) in [5.74, 6) is 1.60. The third kappa shape index (κ3) is 6.41. The summed E-state index contributed by atoms with van der Waals surface area (Å²) in [6.45, 7) is 13.1. The third-order valence-electron chi connectivity index (χ3n) is 11.4. The van der Waals surface area contributed by atoms with Crippen LogP contribution in [0.15, 0.2) is 97.1 Å². The van der Waals surface area contributed by atoms with Crippen molar-refractivity contribution in [1.29, 1.82) is 0 Å². The van der Waals surface area contributed by atoms with Gasteiger partial charge >= 0.3 is 0 Å². The number of nitrogens with zero attached hydrogens (tertiary/aromatic N) is 2. The van der Waals surface area contributed by atoms with Crippen molar-refractivity contribution in [3.8, 4) is 56.0 Å². The van der Waals surface area contributed by atoms with E-state index in [1.807, 2.05) is 24.3 Å². The average molecular weight is 759 g/mol. The second-order valence-electron chi connectivity index (χ2n) is 15.5. The Labute approximate surface area is 339 Å². The summed E-state index contributed by atoms with van der Waals surface area (Å²) < 4.78 is 11.2. The largest absolute Gasteiger partial charge is 0.497 e. The van der Waals surface area contributed by atoms with Crippen molar-refractivity contribution in [2.24, 2.45) is 0 Å². The van der Waals surface area contributed by atoms with Gasteiger partial charge in [-0.05, 0) is 159 Å². The maximum absolute atomic E-state index is 5.58. The lowest BCUT2D eigenvalue weighted by Crippen LogP contribution is -1.95. The highest BCUT2D eigenvalue weighted by atomic mass is 16.5. The lowest BCUT2D eigenvalue weighted by molar-refractivity contribution is 0.415. The number of fused-ring (bicyclic) bond motifs is 8. The standard InChI is InChI=1S/C52H46N4O2/c1-29-25-31(3)47(32(4)26-29)51-43-21-17-39(53-43)49(35-9-13-37(57-7)14-10-35)41-19-23-45(55-41)52(48-33(5)27-30(2)28-34(48)6)46-24-20-42(56-46)50(40-18-22-44(51)54-40)36-11-15-38(58-8)16-12-36/h9-28,53,56H,1-8H3. The lowest BCUT2D eigenvalue weighted by atomic mass is 9.92. The van der Waals surface area contributed by atoms with Gasteiger partial charge in [0.15, 0.2) is 0 Å². The fourth-order valence-electron chi connectivity index (χ4n) is 9.00. The molecule has 0 radical (unpaired) electrons. The van der Waals surface area contributed by atoms with Crippen molar-refractivity contribution < 1.29 is 9.47 Å². The number of aryl methyl sites for hydroxylation is 6. The summed E-state index contributed by atoms with van der Waals surface area (Å²) in [6.07, 6.45) is 8.61. The molecule has 0 saturated heterocycles. The smallest absolute Gasteiger partial charge is 0.118 e. The van der Waals surface area contributed by atoms with Gasteiger partial charge in [0.05, 0.1) is 37.0 Å². The summed E-state index contributed by atoms with van der Waals surface area (Å²) in [4.78, 5) is 18.8. The van der Waals surface area contributed by atoms with Gasteiger partial charge in [-0.15, -0.1) is 0 Å². The molecule has 0 atom stereocenters. The van der Waals surface area contributed by atoms with E-state index in [0.717, 1.165) is 89.7 Å². The van der Waals surface area contributed by atoms with E-state index < -0.39 is 0 Å². The Balaban J connectivity index is 1.49. The molecule has 58 heavy (non-hydrogen) atoms. The quantitative estimate of drug-likeness (QED) is 0.177. The predicted molar refractivity (Wildman–Crippen MR) is 242 cm³/mol. The fourth-order valence-corrected chi connectivity index (χ4v) is 9.00. The first-order valence-corrected chi connectivity index (χ1v) is 19.7. The number of aromatic nitrogens is 4. The summed E-state index contributed by atoms with van der Waals surface area (Å²) in [5, 5.41) is 0. The molecule has 0 aliphatic carbocycles. The zero-order valence-electron chi connectivity index (χ0n) is 34.3. The highest BCUT2D eigenvalue weighted by Crippen LogP contribution is 2.41. The van der Waals surface area contributed by atoms with Gasteiger partial charge < -0.3 is 19.4 Å². The van der Waals surface area contributed by atoms with E-state index in [1.54, 1.807) is 14.2 Å². The maximum atomic E-state index is 5.58. The Morgan fingerprint density at radius 1 is 0.362 bits per heavy atom. The van der Waals surface area contributed by atoms with Gasteiger partial charge in [-0.3, -0.25) is 0 Å². The molecule has 0 saturated carbocycles. The zero-order chi connectivity index (χ0) is 40.2. The third-order valence-corrected chi connectivity index (χ3v) is 11.4. The maximum Gasteiger partial charge on any atom is 0.118 e. The molecule has 2 N–H and O–H groups in total. The van der Waals surface area contributed by atoms with Gasteiger partial charge in [-0.25, -0.2) is 9.97 Å². The van der Waals surface area contributed by atoms with Crippen molar-refractivity contribution in [1.82, 2.24) is 19.9 Å². The van der Waals surface area contributed by atoms with E-state index in [4.69, 9.17) is 19.4 Å². The molecule has 2 aliphatic rings. The number of ether oxygens (including phenoxy) is 2. The number of hydrogen-bond donors (Lipinski definition) is 2. The summed E-state index contributed by atoms with van der Waals surface area (Å²) in [5.41, 5.74) is 23.1. The van der Waals surface area contributed by atoms with Crippen LogP contribution in [0.5, 0.6) is 11.5 Å². The molecule has 0 spiro atoms. The number of aromatic amines is 2. The highest BCUT2D eigenvalue weighted by Gasteiger charge is 2.21. The number of nitrogens with one attached hydrogen (secondary N) is 2. The number of hydrogen-bond acceptors (Lipinski definition) is 4. The molecule has 5 heterocycles. The SMILES string of the molecule is COc1ccc(-c2c3nc(c(-c4c(C)cc(C)cc4C)c4ccc([nH]4)c(-c4ccc(OC)cc4)c4nc(c(-c5c(C)cc(C)cc5C)c5ccc2[nH]5)C=C4)C=C3)cc1. The molecule has 9 rings (SSSR count). The molecule has 286 valence electrons. The second kappa shape index (κ2) is 14.5. The molecule has 0 amide bonds. The van der Waals surface area contributed by atoms with Gasteiger partial charge in [-0.1, -0.05) is 59.7 Å². The van der Waals surface area contributed by atoms with Gasteiger partial charge in [0.1, 0.15) is 11.5 Å². The number of benzene rings is 4. The second-order valence-corrected chi connectivity index (χ2v) is 15.5. The minimum Gasteiger partial charge on any atom is -0.497 e. The Morgan fingerprint density at radius 3 is 0.966 bits per heavy atom. The van der Waals surface area contributed by atoms with Crippen LogP contribution in [0.4, 0.5) is 0 Å². The summed E-state index contributed by atoms with van der Waals surface area (Å²) in [7, 11) is 3.39. The molecule has 3 aromatic heterocycles. The first kappa shape index (κ1) is 36.7.